The fraction of sp³-hybridized carbons (Fsp3) is 0.286. The van der Waals surface area contributed by atoms with E-state index in [9.17, 15) is 18.0 Å². The normalized spacial score (nSPS) is 11.5. The lowest BCUT2D eigenvalue weighted by Crippen LogP contribution is -2.24. The van der Waals surface area contributed by atoms with E-state index in [0.29, 0.717) is 5.69 Å². The first-order valence-electron chi connectivity index (χ1n) is 6.16. The Morgan fingerprint density at radius 2 is 1.86 bits per heavy atom. The second-order valence-electron chi connectivity index (χ2n) is 4.83. The minimum atomic E-state index is -4.42. The summed E-state index contributed by atoms with van der Waals surface area (Å²) in [7, 11) is 3.30. The first kappa shape index (κ1) is 15.1. The molecule has 1 aromatic heterocycles. The number of nitrogens with zero attached hydrogens (tertiary/aromatic N) is 3. The summed E-state index contributed by atoms with van der Waals surface area (Å²) < 4.78 is 39.6. The van der Waals surface area contributed by atoms with Gasteiger partial charge in [-0.25, -0.2) is 4.68 Å². The van der Waals surface area contributed by atoms with Gasteiger partial charge >= 0.3 is 6.18 Å². The Balaban J connectivity index is 2.62. The lowest BCUT2D eigenvalue weighted by Gasteiger charge is -2.16. The highest BCUT2D eigenvalue weighted by Gasteiger charge is 2.30. The molecule has 0 aliphatic carbocycles. The highest BCUT2D eigenvalue weighted by Crippen LogP contribution is 2.30. The summed E-state index contributed by atoms with van der Waals surface area (Å²) in [6.07, 6.45) is -4.42. The average molecular weight is 297 g/mol. The molecule has 0 amide bonds. The van der Waals surface area contributed by atoms with Crippen LogP contribution in [-0.4, -0.2) is 23.9 Å². The lowest BCUT2D eigenvalue weighted by molar-refractivity contribution is -0.137. The first-order chi connectivity index (χ1) is 9.70. The van der Waals surface area contributed by atoms with Gasteiger partial charge in [0.1, 0.15) is 0 Å². The van der Waals surface area contributed by atoms with E-state index >= 15 is 0 Å². The molecule has 112 valence electrons. The maximum atomic E-state index is 12.8. The molecule has 1 aromatic carbocycles. The number of aryl methyl sites for hydroxylation is 1. The molecule has 0 fully saturated rings. The first-order valence-corrected chi connectivity index (χ1v) is 6.16. The van der Waals surface area contributed by atoms with Gasteiger partial charge in [0.15, 0.2) is 5.82 Å². The standard InChI is InChI=1S/C14H14F3N3O/c1-9-7-12(21)13(19(2)3)18-20(9)11-6-4-5-10(8-11)14(15,16)17/h4-8H,1-3H3. The van der Waals surface area contributed by atoms with Crippen molar-refractivity contribution in [1.29, 1.82) is 0 Å². The van der Waals surface area contributed by atoms with E-state index in [1.54, 1.807) is 21.0 Å². The van der Waals surface area contributed by atoms with Crippen LogP contribution in [-0.2, 0) is 6.18 Å². The summed E-state index contributed by atoms with van der Waals surface area (Å²) in [5.41, 5.74) is -0.317. The molecular formula is C14H14F3N3O. The Morgan fingerprint density at radius 1 is 1.19 bits per heavy atom. The van der Waals surface area contributed by atoms with Gasteiger partial charge in [-0.1, -0.05) is 6.07 Å². The van der Waals surface area contributed by atoms with Crippen molar-refractivity contribution in [1.82, 2.24) is 9.78 Å². The Bertz CT molecular complexity index is 720. The van der Waals surface area contributed by atoms with Crippen LogP contribution in [0.3, 0.4) is 0 Å². The summed E-state index contributed by atoms with van der Waals surface area (Å²) >= 11 is 0. The van der Waals surface area contributed by atoms with E-state index in [2.05, 4.69) is 5.10 Å². The Hall–Kier alpha value is -2.31. The molecule has 2 rings (SSSR count). The van der Waals surface area contributed by atoms with Gasteiger partial charge in [-0.05, 0) is 25.1 Å². The number of halogens is 3. The molecule has 0 radical (unpaired) electrons. The van der Waals surface area contributed by atoms with Crippen molar-refractivity contribution in [3.8, 4) is 5.69 Å². The Kier molecular flexibility index (Phi) is 3.76. The molecule has 0 aliphatic rings. The summed E-state index contributed by atoms with van der Waals surface area (Å²) in [6, 6.07) is 6.17. The molecule has 1 heterocycles. The SMILES string of the molecule is Cc1cc(=O)c(N(C)C)nn1-c1cccc(C(F)(F)F)c1. The van der Waals surface area contributed by atoms with Gasteiger partial charge in [-0.15, -0.1) is 5.10 Å². The maximum absolute atomic E-state index is 12.8. The van der Waals surface area contributed by atoms with E-state index in [1.165, 1.54) is 27.8 Å². The molecule has 0 saturated carbocycles. The van der Waals surface area contributed by atoms with Crippen LogP contribution in [0.1, 0.15) is 11.3 Å². The third kappa shape index (κ3) is 3.07. The number of anilines is 1. The van der Waals surface area contributed by atoms with E-state index in [-0.39, 0.29) is 16.9 Å². The number of hydrogen-bond acceptors (Lipinski definition) is 3. The van der Waals surface area contributed by atoms with Gasteiger partial charge in [0.05, 0.1) is 11.3 Å². The fourth-order valence-electron chi connectivity index (χ4n) is 1.92. The quantitative estimate of drug-likeness (QED) is 0.855. The predicted octanol–water partition coefficient (Wildman–Crippen LogP) is 2.63. The van der Waals surface area contributed by atoms with Gasteiger partial charge in [0.2, 0.25) is 5.43 Å². The van der Waals surface area contributed by atoms with Crippen LogP contribution in [0.25, 0.3) is 5.69 Å². The molecule has 0 atom stereocenters. The van der Waals surface area contributed by atoms with Crippen molar-refractivity contribution in [3.05, 3.63) is 51.8 Å². The number of hydrogen-bond donors (Lipinski definition) is 0. The predicted molar refractivity (Wildman–Crippen MR) is 73.9 cm³/mol. The number of alkyl halides is 3. The molecule has 0 N–H and O–H groups in total. The zero-order valence-corrected chi connectivity index (χ0v) is 11.8. The fourth-order valence-corrected chi connectivity index (χ4v) is 1.92. The van der Waals surface area contributed by atoms with Crippen molar-refractivity contribution < 1.29 is 13.2 Å². The lowest BCUT2D eigenvalue weighted by atomic mass is 10.2. The topological polar surface area (TPSA) is 38.1 Å². The molecule has 0 aliphatic heterocycles. The molecule has 0 bridgehead atoms. The largest absolute Gasteiger partial charge is 0.416 e. The van der Waals surface area contributed by atoms with Gasteiger partial charge in [0, 0.05) is 25.9 Å². The number of aromatic nitrogens is 2. The third-order valence-electron chi connectivity index (χ3n) is 2.93. The number of benzene rings is 1. The van der Waals surface area contributed by atoms with Crippen molar-refractivity contribution in [2.24, 2.45) is 0 Å². The molecular weight excluding hydrogens is 283 g/mol. The van der Waals surface area contributed by atoms with Crippen LogP contribution >= 0.6 is 0 Å². The molecule has 0 unspecified atom stereocenters. The zero-order chi connectivity index (χ0) is 15.8. The Labute approximate surface area is 119 Å². The number of rotatable bonds is 2. The monoisotopic (exact) mass is 297 g/mol. The van der Waals surface area contributed by atoms with Crippen LogP contribution in [0, 0.1) is 6.92 Å². The molecule has 4 nitrogen and oxygen atoms in total. The van der Waals surface area contributed by atoms with Gasteiger partial charge in [-0.3, -0.25) is 4.79 Å². The minimum absolute atomic E-state index is 0.165. The highest BCUT2D eigenvalue weighted by atomic mass is 19.4. The van der Waals surface area contributed by atoms with Gasteiger partial charge in [0.25, 0.3) is 0 Å². The van der Waals surface area contributed by atoms with E-state index in [0.717, 1.165) is 12.1 Å². The Morgan fingerprint density at radius 3 is 2.43 bits per heavy atom. The van der Waals surface area contributed by atoms with Crippen molar-refractivity contribution in [2.45, 2.75) is 13.1 Å². The highest BCUT2D eigenvalue weighted by molar-refractivity contribution is 5.41. The maximum Gasteiger partial charge on any atom is 0.416 e. The average Bonchev–Trinajstić information content (AvgIpc) is 2.37. The molecule has 21 heavy (non-hydrogen) atoms. The molecule has 0 spiro atoms. The smallest absolute Gasteiger partial charge is 0.358 e. The van der Waals surface area contributed by atoms with Crippen LogP contribution in [0.5, 0.6) is 0 Å². The van der Waals surface area contributed by atoms with Crippen molar-refractivity contribution in [3.63, 3.8) is 0 Å². The van der Waals surface area contributed by atoms with Gasteiger partial charge in [-0.2, -0.15) is 13.2 Å². The molecule has 7 heteroatoms. The summed E-state index contributed by atoms with van der Waals surface area (Å²) in [4.78, 5) is 13.3. The second kappa shape index (κ2) is 5.23. The van der Waals surface area contributed by atoms with Crippen LogP contribution in [0.15, 0.2) is 35.1 Å². The van der Waals surface area contributed by atoms with Crippen LogP contribution in [0.2, 0.25) is 0 Å². The van der Waals surface area contributed by atoms with Gasteiger partial charge < -0.3 is 4.90 Å². The summed E-state index contributed by atoms with van der Waals surface area (Å²) in [6.45, 7) is 1.62. The van der Waals surface area contributed by atoms with Crippen molar-refractivity contribution in [2.75, 3.05) is 19.0 Å². The van der Waals surface area contributed by atoms with Crippen LogP contribution in [0.4, 0.5) is 19.0 Å². The van der Waals surface area contributed by atoms with Crippen LogP contribution < -0.4 is 10.3 Å². The minimum Gasteiger partial charge on any atom is -0.358 e. The van der Waals surface area contributed by atoms with Crippen molar-refractivity contribution >= 4 is 5.82 Å². The van der Waals surface area contributed by atoms with E-state index in [4.69, 9.17) is 0 Å². The molecule has 2 aromatic rings. The molecule has 0 saturated heterocycles. The third-order valence-corrected chi connectivity index (χ3v) is 2.93. The zero-order valence-electron chi connectivity index (χ0n) is 11.8. The summed E-state index contributed by atoms with van der Waals surface area (Å²) in [5.74, 6) is 0.165. The summed E-state index contributed by atoms with van der Waals surface area (Å²) in [5, 5.41) is 4.13. The van der Waals surface area contributed by atoms with E-state index in [1.807, 2.05) is 0 Å². The second-order valence-corrected chi connectivity index (χ2v) is 4.83. The van der Waals surface area contributed by atoms with E-state index < -0.39 is 11.7 Å².